The Labute approximate surface area is 127 Å². The van der Waals surface area contributed by atoms with Crippen LogP contribution in [0.2, 0.25) is 5.02 Å². The Balaban J connectivity index is 1.89. The number of nitrogens with zero attached hydrogens (tertiary/aromatic N) is 3. The monoisotopic (exact) mass is 296 g/mol. The van der Waals surface area contributed by atoms with Gasteiger partial charge in [0.1, 0.15) is 5.82 Å². The first-order valence-corrected chi connectivity index (χ1v) is 7.66. The molecule has 5 heteroatoms. The van der Waals surface area contributed by atoms with E-state index >= 15 is 0 Å². The van der Waals surface area contributed by atoms with Crippen LogP contribution in [0.3, 0.4) is 0 Å². The maximum atomic E-state index is 6.25. The summed E-state index contributed by atoms with van der Waals surface area (Å²) < 4.78 is 0. The highest BCUT2D eigenvalue weighted by Gasteiger charge is 2.20. The van der Waals surface area contributed by atoms with E-state index in [-0.39, 0.29) is 0 Å². The van der Waals surface area contributed by atoms with Crippen LogP contribution in [-0.4, -0.2) is 55.6 Å². The van der Waals surface area contributed by atoms with Gasteiger partial charge < -0.3 is 10.2 Å². The minimum Gasteiger partial charge on any atom is -0.373 e. The zero-order valence-corrected chi connectivity index (χ0v) is 13.5. The van der Waals surface area contributed by atoms with Crippen LogP contribution in [0.1, 0.15) is 18.5 Å². The summed E-state index contributed by atoms with van der Waals surface area (Å²) in [6.07, 6.45) is 2.53. The van der Waals surface area contributed by atoms with Gasteiger partial charge in [0.2, 0.25) is 0 Å². The minimum atomic E-state index is 0.763. The second kappa shape index (κ2) is 7.25. The van der Waals surface area contributed by atoms with Crippen molar-refractivity contribution in [2.75, 3.05) is 46.1 Å². The summed E-state index contributed by atoms with van der Waals surface area (Å²) >= 11 is 6.25. The van der Waals surface area contributed by atoms with Crippen LogP contribution < -0.4 is 5.32 Å². The summed E-state index contributed by atoms with van der Waals surface area (Å²) in [4.78, 5) is 9.30. The summed E-state index contributed by atoms with van der Waals surface area (Å²) in [7, 11) is 6.19. The third-order valence-electron chi connectivity index (χ3n) is 3.88. The van der Waals surface area contributed by atoms with Crippen LogP contribution in [0.25, 0.3) is 0 Å². The minimum absolute atomic E-state index is 0.763. The van der Waals surface area contributed by atoms with Gasteiger partial charge in [-0.2, -0.15) is 0 Å². The predicted octanol–water partition coefficient (Wildman–Crippen LogP) is 2.55. The van der Waals surface area contributed by atoms with Gasteiger partial charge in [0.15, 0.2) is 0 Å². The number of aromatic nitrogens is 1. The second-order valence-electron chi connectivity index (χ2n) is 5.86. The maximum absolute atomic E-state index is 6.25. The zero-order valence-electron chi connectivity index (χ0n) is 12.7. The molecule has 20 heavy (non-hydrogen) atoms. The molecule has 1 fully saturated rings. The van der Waals surface area contributed by atoms with Crippen molar-refractivity contribution in [3.8, 4) is 0 Å². The Hall–Kier alpha value is -0.840. The summed E-state index contributed by atoms with van der Waals surface area (Å²) in [6.45, 7) is 4.33. The molecule has 0 unspecified atom stereocenters. The molecule has 0 aliphatic carbocycles. The van der Waals surface area contributed by atoms with Crippen LogP contribution in [0.4, 0.5) is 5.82 Å². The van der Waals surface area contributed by atoms with Crippen molar-refractivity contribution in [2.45, 2.75) is 19.4 Å². The molecule has 2 heterocycles. The first kappa shape index (κ1) is 15.5. The molecular weight excluding hydrogens is 272 g/mol. The third-order valence-corrected chi connectivity index (χ3v) is 4.22. The summed E-state index contributed by atoms with van der Waals surface area (Å²) in [6, 6.07) is 3.84. The van der Waals surface area contributed by atoms with Crippen molar-refractivity contribution in [2.24, 2.45) is 5.92 Å². The van der Waals surface area contributed by atoms with Crippen LogP contribution >= 0.6 is 11.6 Å². The number of likely N-dealkylation sites (tertiary alicyclic amines) is 1. The molecule has 1 N–H and O–H groups in total. The predicted molar refractivity (Wildman–Crippen MR) is 85.3 cm³/mol. The highest BCUT2D eigenvalue weighted by molar-refractivity contribution is 6.31. The standard InChI is InChI=1S/C15H25ClN4/c1-17-15-5-4-13(16)14(18-15)11-20-8-6-12(7-9-20)10-19(2)3/h4-5,12H,6-11H2,1-3H3,(H,17,18). The number of hydrogen-bond donors (Lipinski definition) is 1. The Morgan fingerprint density at radius 2 is 2.05 bits per heavy atom. The first-order chi connectivity index (χ1) is 9.58. The number of piperidine rings is 1. The quantitative estimate of drug-likeness (QED) is 0.905. The van der Waals surface area contributed by atoms with E-state index in [2.05, 4.69) is 34.2 Å². The molecule has 1 saturated heterocycles. The molecule has 1 aliphatic heterocycles. The molecule has 0 saturated carbocycles. The number of rotatable bonds is 5. The van der Waals surface area contributed by atoms with Gasteiger partial charge in [-0.15, -0.1) is 0 Å². The van der Waals surface area contributed by atoms with Gasteiger partial charge >= 0.3 is 0 Å². The van der Waals surface area contributed by atoms with Crippen molar-refractivity contribution in [3.63, 3.8) is 0 Å². The van der Waals surface area contributed by atoms with Crippen molar-refractivity contribution >= 4 is 17.4 Å². The smallest absolute Gasteiger partial charge is 0.126 e. The molecule has 0 radical (unpaired) electrons. The van der Waals surface area contributed by atoms with E-state index in [1.54, 1.807) is 0 Å². The average molecular weight is 297 g/mol. The lowest BCUT2D eigenvalue weighted by Crippen LogP contribution is -2.36. The van der Waals surface area contributed by atoms with E-state index in [9.17, 15) is 0 Å². The number of nitrogens with one attached hydrogen (secondary N) is 1. The van der Waals surface area contributed by atoms with E-state index in [4.69, 9.17) is 11.6 Å². The van der Waals surface area contributed by atoms with Crippen LogP contribution in [0.15, 0.2) is 12.1 Å². The summed E-state index contributed by atoms with van der Waals surface area (Å²) in [5.41, 5.74) is 0.976. The second-order valence-corrected chi connectivity index (χ2v) is 6.26. The van der Waals surface area contributed by atoms with Gasteiger partial charge in [-0.3, -0.25) is 4.90 Å². The highest BCUT2D eigenvalue weighted by atomic mass is 35.5. The highest BCUT2D eigenvalue weighted by Crippen LogP contribution is 2.22. The molecule has 0 aromatic carbocycles. The number of anilines is 1. The van der Waals surface area contributed by atoms with Crippen LogP contribution in [-0.2, 0) is 6.54 Å². The van der Waals surface area contributed by atoms with E-state index in [1.807, 2.05) is 19.2 Å². The first-order valence-electron chi connectivity index (χ1n) is 7.28. The Bertz CT molecular complexity index is 428. The number of hydrogen-bond acceptors (Lipinski definition) is 4. The molecule has 2 rings (SSSR count). The van der Waals surface area contributed by atoms with Gasteiger partial charge in [0.25, 0.3) is 0 Å². The lowest BCUT2D eigenvalue weighted by Gasteiger charge is -2.33. The van der Waals surface area contributed by atoms with Gasteiger partial charge in [-0.1, -0.05) is 11.6 Å². The van der Waals surface area contributed by atoms with Crippen LogP contribution in [0.5, 0.6) is 0 Å². The lowest BCUT2D eigenvalue weighted by atomic mass is 9.96. The fraction of sp³-hybridized carbons (Fsp3) is 0.667. The Morgan fingerprint density at radius 3 is 2.65 bits per heavy atom. The molecule has 0 bridgehead atoms. The Morgan fingerprint density at radius 1 is 1.35 bits per heavy atom. The molecular formula is C15H25ClN4. The molecule has 0 amide bonds. The zero-order chi connectivity index (χ0) is 14.5. The van der Waals surface area contributed by atoms with Crippen molar-refractivity contribution in [3.05, 3.63) is 22.8 Å². The normalized spacial score (nSPS) is 17.6. The van der Waals surface area contributed by atoms with E-state index in [1.165, 1.54) is 19.4 Å². The molecule has 1 aromatic rings. The molecule has 0 spiro atoms. The molecule has 1 aromatic heterocycles. The number of halogens is 1. The largest absolute Gasteiger partial charge is 0.373 e. The molecule has 0 atom stereocenters. The third kappa shape index (κ3) is 4.33. The summed E-state index contributed by atoms with van der Waals surface area (Å²) in [5, 5.41) is 3.83. The van der Waals surface area contributed by atoms with Gasteiger partial charge in [0, 0.05) is 20.1 Å². The van der Waals surface area contributed by atoms with E-state index in [0.717, 1.165) is 42.1 Å². The average Bonchev–Trinajstić information content (AvgIpc) is 2.43. The lowest BCUT2D eigenvalue weighted by molar-refractivity contribution is 0.155. The molecule has 4 nitrogen and oxygen atoms in total. The maximum Gasteiger partial charge on any atom is 0.126 e. The summed E-state index contributed by atoms with van der Waals surface area (Å²) in [5.74, 6) is 1.71. The fourth-order valence-electron chi connectivity index (χ4n) is 2.79. The topological polar surface area (TPSA) is 31.4 Å². The molecule has 1 aliphatic rings. The Kier molecular flexibility index (Phi) is 5.64. The fourth-order valence-corrected chi connectivity index (χ4v) is 2.95. The van der Waals surface area contributed by atoms with Crippen molar-refractivity contribution in [1.82, 2.24) is 14.8 Å². The van der Waals surface area contributed by atoms with Crippen molar-refractivity contribution < 1.29 is 0 Å². The van der Waals surface area contributed by atoms with Gasteiger partial charge in [-0.05, 0) is 58.1 Å². The van der Waals surface area contributed by atoms with Gasteiger partial charge in [-0.25, -0.2) is 4.98 Å². The SMILES string of the molecule is CNc1ccc(Cl)c(CN2CCC(CN(C)C)CC2)n1. The van der Waals surface area contributed by atoms with Crippen LogP contribution in [0, 0.1) is 5.92 Å². The van der Waals surface area contributed by atoms with E-state index in [0.29, 0.717) is 0 Å². The van der Waals surface area contributed by atoms with Crippen molar-refractivity contribution in [1.29, 1.82) is 0 Å². The number of pyridine rings is 1. The van der Waals surface area contributed by atoms with Gasteiger partial charge in [0.05, 0.1) is 10.7 Å². The molecule has 112 valence electrons. The van der Waals surface area contributed by atoms with E-state index < -0.39 is 0 Å².